The van der Waals surface area contributed by atoms with Crippen molar-refractivity contribution in [3.8, 4) is 0 Å². The molecule has 20 heavy (non-hydrogen) atoms. The summed E-state index contributed by atoms with van der Waals surface area (Å²) in [6.45, 7) is 6.52. The van der Waals surface area contributed by atoms with Gasteiger partial charge in [-0.25, -0.2) is 14.3 Å². The molecule has 3 N–H and O–H groups in total. The number of imide groups is 1. The molecule has 9 heteroatoms. The molecule has 0 atom stereocenters. The van der Waals surface area contributed by atoms with E-state index in [1.54, 1.807) is 20.8 Å². The Morgan fingerprint density at radius 2 is 1.90 bits per heavy atom. The molecule has 0 unspecified atom stereocenters. The van der Waals surface area contributed by atoms with Crippen molar-refractivity contribution in [3.05, 3.63) is 11.4 Å². The van der Waals surface area contributed by atoms with Crippen LogP contribution in [0.4, 0.5) is 4.79 Å². The second-order valence-electron chi connectivity index (χ2n) is 5.24. The fourth-order valence-electron chi connectivity index (χ4n) is 1.38. The molecule has 0 saturated heterocycles. The van der Waals surface area contributed by atoms with Crippen LogP contribution < -0.4 is 10.6 Å². The Labute approximate surface area is 115 Å². The van der Waals surface area contributed by atoms with Crippen molar-refractivity contribution < 1.29 is 19.5 Å². The SMILES string of the molecule is Cc1c(C(=O)O)nnn1CC(=O)NC(=O)NC(C)(C)C. The van der Waals surface area contributed by atoms with Crippen molar-refractivity contribution in [2.75, 3.05) is 0 Å². The maximum Gasteiger partial charge on any atom is 0.358 e. The zero-order valence-electron chi connectivity index (χ0n) is 11.7. The van der Waals surface area contributed by atoms with Crippen LogP contribution >= 0.6 is 0 Å². The Morgan fingerprint density at radius 3 is 2.35 bits per heavy atom. The molecule has 0 aliphatic heterocycles. The smallest absolute Gasteiger partial charge is 0.358 e. The molecular weight excluding hydrogens is 266 g/mol. The van der Waals surface area contributed by atoms with Crippen molar-refractivity contribution in [1.29, 1.82) is 0 Å². The minimum absolute atomic E-state index is 0.225. The predicted octanol–water partition coefficient (Wildman–Crippen LogP) is -0.0910. The van der Waals surface area contributed by atoms with Crippen LogP contribution in [0.3, 0.4) is 0 Å². The molecule has 3 amide bonds. The fourth-order valence-corrected chi connectivity index (χ4v) is 1.38. The lowest BCUT2D eigenvalue weighted by atomic mass is 10.1. The van der Waals surface area contributed by atoms with Crippen molar-refractivity contribution in [2.24, 2.45) is 0 Å². The Bertz CT molecular complexity index is 543. The van der Waals surface area contributed by atoms with Crippen LogP contribution in [-0.4, -0.2) is 43.5 Å². The molecule has 1 aromatic rings. The number of hydrogen-bond acceptors (Lipinski definition) is 5. The molecule has 0 aliphatic carbocycles. The number of urea groups is 1. The third kappa shape index (κ3) is 4.34. The van der Waals surface area contributed by atoms with E-state index in [2.05, 4.69) is 20.9 Å². The highest BCUT2D eigenvalue weighted by Crippen LogP contribution is 2.03. The quantitative estimate of drug-likeness (QED) is 0.711. The summed E-state index contributed by atoms with van der Waals surface area (Å²) in [4.78, 5) is 33.9. The summed E-state index contributed by atoms with van der Waals surface area (Å²) in [5.74, 6) is -1.84. The van der Waals surface area contributed by atoms with Crippen LogP contribution in [0.2, 0.25) is 0 Å². The standard InChI is InChI=1S/C11H17N5O4/c1-6-8(9(18)19)14-15-16(6)5-7(17)12-10(20)13-11(2,3)4/h5H2,1-4H3,(H,18,19)(H2,12,13,17,20). The van der Waals surface area contributed by atoms with Gasteiger partial charge < -0.3 is 10.4 Å². The van der Waals surface area contributed by atoms with Gasteiger partial charge in [-0.1, -0.05) is 5.21 Å². The number of carbonyl (C=O) groups excluding carboxylic acids is 2. The van der Waals surface area contributed by atoms with Crippen molar-refractivity contribution >= 4 is 17.9 Å². The van der Waals surface area contributed by atoms with E-state index >= 15 is 0 Å². The third-order valence-electron chi connectivity index (χ3n) is 2.22. The van der Waals surface area contributed by atoms with Gasteiger partial charge in [0.25, 0.3) is 0 Å². The van der Waals surface area contributed by atoms with Crippen LogP contribution in [-0.2, 0) is 11.3 Å². The molecule has 110 valence electrons. The van der Waals surface area contributed by atoms with E-state index in [-0.39, 0.29) is 17.9 Å². The van der Waals surface area contributed by atoms with Gasteiger partial charge in [0.05, 0.1) is 5.69 Å². The zero-order chi connectivity index (χ0) is 15.5. The molecule has 1 heterocycles. The van der Waals surface area contributed by atoms with E-state index in [4.69, 9.17) is 5.11 Å². The molecule has 1 rings (SSSR count). The molecule has 0 aliphatic rings. The Kier molecular flexibility index (Phi) is 4.43. The predicted molar refractivity (Wildman–Crippen MR) is 68.1 cm³/mol. The van der Waals surface area contributed by atoms with Gasteiger partial charge in [0, 0.05) is 5.54 Å². The van der Waals surface area contributed by atoms with Crippen LogP contribution in [0.1, 0.15) is 37.0 Å². The van der Waals surface area contributed by atoms with E-state index in [9.17, 15) is 14.4 Å². The highest BCUT2D eigenvalue weighted by atomic mass is 16.4. The number of rotatable bonds is 3. The van der Waals surface area contributed by atoms with Crippen molar-refractivity contribution in [1.82, 2.24) is 25.6 Å². The molecule has 0 saturated carbocycles. The first-order valence-electron chi connectivity index (χ1n) is 5.85. The number of nitrogens with one attached hydrogen (secondary N) is 2. The maximum atomic E-state index is 11.6. The van der Waals surface area contributed by atoms with Gasteiger partial charge >= 0.3 is 12.0 Å². The Morgan fingerprint density at radius 1 is 1.30 bits per heavy atom. The summed E-state index contributed by atoms with van der Waals surface area (Å²) in [5, 5.41) is 20.5. The highest BCUT2D eigenvalue weighted by molar-refractivity contribution is 5.94. The minimum atomic E-state index is -1.22. The molecule has 0 aromatic carbocycles. The lowest BCUT2D eigenvalue weighted by Crippen LogP contribution is -2.49. The second-order valence-corrected chi connectivity index (χ2v) is 5.24. The first kappa shape index (κ1) is 15.6. The van der Waals surface area contributed by atoms with Gasteiger partial charge in [-0.2, -0.15) is 0 Å². The lowest BCUT2D eigenvalue weighted by molar-refractivity contribution is -0.120. The average molecular weight is 283 g/mol. The van der Waals surface area contributed by atoms with Gasteiger partial charge in [-0.3, -0.25) is 10.1 Å². The molecular formula is C11H17N5O4. The number of carbonyl (C=O) groups is 3. The summed E-state index contributed by atoms with van der Waals surface area (Å²) < 4.78 is 1.11. The third-order valence-corrected chi connectivity index (χ3v) is 2.22. The van der Waals surface area contributed by atoms with Gasteiger partial charge in [0.1, 0.15) is 6.54 Å². The fraction of sp³-hybridized carbons (Fsp3) is 0.545. The molecule has 1 aromatic heterocycles. The summed E-state index contributed by atoms with van der Waals surface area (Å²) in [5.41, 5.74) is -0.454. The normalized spacial score (nSPS) is 11.0. The monoisotopic (exact) mass is 283 g/mol. The van der Waals surface area contributed by atoms with Gasteiger partial charge in [0.15, 0.2) is 5.69 Å². The van der Waals surface area contributed by atoms with Crippen LogP contribution in [0.25, 0.3) is 0 Å². The maximum absolute atomic E-state index is 11.6. The molecule has 9 nitrogen and oxygen atoms in total. The van der Waals surface area contributed by atoms with E-state index < -0.39 is 23.4 Å². The topological polar surface area (TPSA) is 126 Å². The second kappa shape index (κ2) is 5.68. The first-order chi connectivity index (χ1) is 9.10. The number of aromatic nitrogens is 3. The molecule has 0 bridgehead atoms. The average Bonchev–Trinajstić information content (AvgIpc) is 2.57. The first-order valence-corrected chi connectivity index (χ1v) is 5.85. The van der Waals surface area contributed by atoms with E-state index in [1.165, 1.54) is 6.92 Å². The number of carboxylic acids is 1. The van der Waals surface area contributed by atoms with Gasteiger partial charge in [-0.15, -0.1) is 5.10 Å². The molecule has 0 radical (unpaired) electrons. The minimum Gasteiger partial charge on any atom is -0.476 e. The van der Waals surface area contributed by atoms with Crippen LogP contribution in [0, 0.1) is 6.92 Å². The summed E-state index contributed by atoms with van der Waals surface area (Å²) in [7, 11) is 0. The van der Waals surface area contributed by atoms with Crippen LogP contribution in [0.5, 0.6) is 0 Å². The molecule has 0 fully saturated rings. The highest BCUT2D eigenvalue weighted by Gasteiger charge is 2.19. The van der Waals surface area contributed by atoms with E-state index in [1.807, 2.05) is 0 Å². The molecule has 0 spiro atoms. The number of nitrogens with zero attached hydrogens (tertiary/aromatic N) is 3. The summed E-state index contributed by atoms with van der Waals surface area (Å²) in [6, 6.07) is -0.626. The van der Waals surface area contributed by atoms with Gasteiger partial charge in [-0.05, 0) is 27.7 Å². The van der Waals surface area contributed by atoms with Crippen molar-refractivity contribution in [2.45, 2.75) is 39.8 Å². The lowest BCUT2D eigenvalue weighted by Gasteiger charge is -2.20. The number of carboxylic acid groups (broad SMARTS) is 1. The number of aromatic carboxylic acids is 1. The largest absolute Gasteiger partial charge is 0.476 e. The Hall–Kier alpha value is -2.45. The zero-order valence-corrected chi connectivity index (χ0v) is 11.7. The van der Waals surface area contributed by atoms with E-state index in [0.29, 0.717) is 0 Å². The Balaban J connectivity index is 2.64. The van der Waals surface area contributed by atoms with E-state index in [0.717, 1.165) is 4.68 Å². The van der Waals surface area contributed by atoms with Crippen molar-refractivity contribution in [3.63, 3.8) is 0 Å². The number of hydrogen-bond donors (Lipinski definition) is 3. The van der Waals surface area contributed by atoms with Gasteiger partial charge in [0.2, 0.25) is 5.91 Å². The summed E-state index contributed by atoms with van der Waals surface area (Å²) >= 11 is 0. The number of amides is 3. The van der Waals surface area contributed by atoms with Crippen LogP contribution in [0.15, 0.2) is 0 Å². The summed E-state index contributed by atoms with van der Waals surface area (Å²) in [6.07, 6.45) is 0.